The molecule has 42 heavy (non-hydrogen) atoms. The van der Waals surface area contributed by atoms with Crippen LogP contribution in [0.15, 0.2) is 146 Å². The maximum absolute atomic E-state index is 11.6. The maximum Gasteiger partial charge on any atom is 0.131 e. The first kappa shape index (κ1) is 25.9. The Morgan fingerprint density at radius 2 is 0.643 bits per heavy atom. The summed E-state index contributed by atoms with van der Waals surface area (Å²) in [5.74, 6) is 0.595. The van der Waals surface area contributed by atoms with Gasteiger partial charge in [-0.1, -0.05) is 128 Å². The number of phenolic OH excluding ortho intramolecular Hbond substituents is 2. The summed E-state index contributed by atoms with van der Waals surface area (Å²) in [5.41, 5.74) is 9.43. The quantitative estimate of drug-likeness (QED) is 0.219. The van der Waals surface area contributed by atoms with Crippen molar-refractivity contribution < 1.29 is 10.2 Å². The lowest BCUT2D eigenvalue weighted by molar-refractivity contribution is 0.301. The van der Waals surface area contributed by atoms with E-state index in [4.69, 9.17) is 0 Å². The van der Waals surface area contributed by atoms with Crippen LogP contribution in [-0.4, -0.2) is 10.2 Å². The topological polar surface area (TPSA) is 40.5 Å². The van der Waals surface area contributed by atoms with E-state index in [1.54, 1.807) is 0 Å². The molecule has 0 amide bonds. The van der Waals surface area contributed by atoms with E-state index >= 15 is 0 Å². The Hall–Kier alpha value is -5.08. The van der Waals surface area contributed by atoms with Crippen LogP contribution in [-0.2, 0) is 5.41 Å². The first-order chi connectivity index (χ1) is 20.6. The first-order valence-corrected chi connectivity index (χ1v) is 14.6. The summed E-state index contributed by atoms with van der Waals surface area (Å²) in [6, 6.07) is 49.3. The smallest absolute Gasteiger partial charge is 0.131 e. The van der Waals surface area contributed by atoms with Crippen molar-refractivity contribution in [2.75, 3.05) is 0 Å². The van der Waals surface area contributed by atoms with Crippen molar-refractivity contribution in [2.24, 2.45) is 0 Å². The zero-order valence-electron chi connectivity index (χ0n) is 23.4. The Balaban J connectivity index is 1.49. The normalized spacial score (nSPS) is 13.8. The fourth-order valence-electron chi connectivity index (χ4n) is 6.45. The van der Waals surface area contributed by atoms with Crippen LogP contribution in [0.1, 0.15) is 30.4 Å². The summed E-state index contributed by atoms with van der Waals surface area (Å²) >= 11 is 0. The number of phenols is 2. The molecule has 0 aromatic heterocycles. The number of benzene rings is 6. The molecular weight excluding hydrogens is 512 g/mol. The van der Waals surface area contributed by atoms with Crippen molar-refractivity contribution in [1.29, 1.82) is 0 Å². The highest BCUT2D eigenvalue weighted by Crippen LogP contribution is 2.54. The molecule has 7 rings (SSSR count). The summed E-state index contributed by atoms with van der Waals surface area (Å²) in [4.78, 5) is 0. The molecule has 6 aromatic rings. The molecule has 2 nitrogen and oxygen atoms in total. The molecule has 0 bridgehead atoms. The van der Waals surface area contributed by atoms with Gasteiger partial charge < -0.3 is 10.2 Å². The molecule has 0 heterocycles. The highest BCUT2D eigenvalue weighted by Gasteiger charge is 2.42. The van der Waals surface area contributed by atoms with Gasteiger partial charge in [0.25, 0.3) is 0 Å². The van der Waals surface area contributed by atoms with Crippen LogP contribution >= 0.6 is 0 Å². The number of hydrogen-bond donors (Lipinski definition) is 2. The fourth-order valence-corrected chi connectivity index (χ4v) is 6.45. The van der Waals surface area contributed by atoms with Crippen molar-refractivity contribution in [3.63, 3.8) is 0 Å². The molecule has 0 spiro atoms. The van der Waals surface area contributed by atoms with Crippen LogP contribution in [0.2, 0.25) is 0 Å². The van der Waals surface area contributed by atoms with Crippen molar-refractivity contribution in [3.8, 4) is 56.0 Å². The summed E-state index contributed by atoms with van der Waals surface area (Å²) in [6.07, 6.45) is 3.10. The van der Waals surface area contributed by atoms with E-state index in [2.05, 4.69) is 72.8 Å². The Bertz CT molecular complexity index is 1580. The van der Waals surface area contributed by atoms with Gasteiger partial charge in [-0.25, -0.2) is 0 Å². The third-order valence-corrected chi connectivity index (χ3v) is 8.87. The van der Waals surface area contributed by atoms with E-state index in [0.717, 1.165) is 63.8 Å². The predicted octanol–water partition coefficient (Wildman–Crippen LogP) is 10.2. The molecule has 0 unspecified atom stereocenters. The fraction of sp³-hybridized carbons (Fsp3) is 0.100. The molecule has 204 valence electrons. The predicted molar refractivity (Wildman–Crippen MR) is 173 cm³/mol. The average Bonchev–Trinajstić information content (AvgIpc) is 3.03. The molecule has 0 radical (unpaired) electrons. The lowest BCUT2D eigenvalue weighted by Gasteiger charge is -2.44. The second-order valence-electron chi connectivity index (χ2n) is 11.2. The lowest BCUT2D eigenvalue weighted by Crippen LogP contribution is -2.35. The number of rotatable bonds is 6. The summed E-state index contributed by atoms with van der Waals surface area (Å²) < 4.78 is 0. The largest absolute Gasteiger partial charge is 0.507 e. The van der Waals surface area contributed by atoms with Crippen LogP contribution in [0.25, 0.3) is 44.5 Å². The van der Waals surface area contributed by atoms with Crippen LogP contribution < -0.4 is 0 Å². The number of hydrogen-bond acceptors (Lipinski definition) is 2. The lowest BCUT2D eigenvalue weighted by atomic mass is 9.59. The minimum Gasteiger partial charge on any atom is -0.507 e. The van der Waals surface area contributed by atoms with Crippen LogP contribution in [0, 0.1) is 0 Å². The van der Waals surface area contributed by atoms with Crippen LogP contribution in [0.4, 0.5) is 0 Å². The molecule has 1 aliphatic carbocycles. The third-order valence-electron chi connectivity index (χ3n) is 8.87. The molecule has 0 atom stereocenters. The van der Waals surface area contributed by atoms with E-state index in [0.29, 0.717) is 11.5 Å². The molecule has 2 heteroatoms. The van der Waals surface area contributed by atoms with Crippen molar-refractivity contribution >= 4 is 0 Å². The molecule has 0 saturated heterocycles. The van der Waals surface area contributed by atoms with Gasteiger partial charge in [0, 0.05) is 27.7 Å². The monoisotopic (exact) mass is 544 g/mol. The van der Waals surface area contributed by atoms with Gasteiger partial charge in [-0.2, -0.15) is 0 Å². The Kier molecular flexibility index (Phi) is 6.60. The second kappa shape index (κ2) is 10.7. The van der Waals surface area contributed by atoms with Gasteiger partial charge in [-0.05, 0) is 70.5 Å². The minimum atomic E-state index is -0.248. The Labute approximate surface area is 247 Å². The van der Waals surface area contributed by atoms with E-state index in [1.807, 2.05) is 72.8 Å². The zero-order valence-corrected chi connectivity index (χ0v) is 23.4. The van der Waals surface area contributed by atoms with Crippen molar-refractivity contribution in [1.82, 2.24) is 0 Å². The highest BCUT2D eigenvalue weighted by molar-refractivity contribution is 5.86. The van der Waals surface area contributed by atoms with Crippen molar-refractivity contribution in [2.45, 2.75) is 24.7 Å². The SMILES string of the molecule is Oc1c(-c2ccccc2)cc(C2(c3cc(-c4ccccc4)c(O)c(-c4ccccc4)c3)CCC2)cc1-c1ccccc1. The van der Waals surface area contributed by atoms with E-state index in [1.165, 1.54) is 11.1 Å². The minimum absolute atomic E-state index is 0.248. The van der Waals surface area contributed by atoms with Crippen molar-refractivity contribution in [3.05, 3.63) is 157 Å². The van der Waals surface area contributed by atoms with Gasteiger partial charge in [0.15, 0.2) is 0 Å². The average molecular weight is 545 g/mol. The third kappa shape index (κ3) is 4.46. The van der Waals surface area contributed by atoms with E-state index in [9.17, 15) is 10.2 Å². The molecular formula is C40H32O2. The first-order valence-electron chi connectivity index (χ1n) is 14.6. The van der Waals surface area contributed by atoms with Gasteiger partial charge in [-0.3, -0.25) is 0 Å². The Morgan fingerprint density at radius 1 is 0.381 bits per heavy atom. The molecule has 6 aromatic carbocycles. The van der Waals surface area contributed by atoms with Gasteiger partial charge in [-0.15, -0.1) is 0 Å². The van der Waals surface area contributed by atoms with Gasteiger partial charge >= 0.3 is 0 Å². The van der Waals surface area contributed by atoms with Gasteiger partial charge in [0.05, 0.1) is 0 Å². The van der Waals surface area contributed by atoms with Gasteiger partial charge in [0.2, 0.25) is 0 Å². The Morgan fingerprint density at radius 3 is 0.857 bits per heavy atom. The maximum atomic E-state index is 11.6. The molecule has 1 saturated carbocycles. The molecule has 1 fully saturated rings. The van der Waals surface area contributed by atoms with Crippen LogP contribution in [0.3, 0.4) is 0 Å². The standard InChI is InChI=1S/C40H32O2/c41-38-34(28-14-5-1-6-15-28)24-32(25-35(38)29-16-7-2-8-17-29)40(22-13-23-40)33-26-36(30-18-9-3-10-19-30)39(42)37(27-33)31-20-11-4-12-21-31/h1-12,14-21,24-27,41-42H,13,22-23H2. The van der Waals surface area contributed by atoms with Crippen LogP contribution in [0.5, 0.6) is 11.5 Å². The molecule has 0 aliphatic heterocycles. The number of aromatic hydroxyl groups is 2. The van der Waals surface area contributed by atoms with Gasteiger partial charge in [0.1, 0.15) is 11.5 Å². The molecule has 1 aliphatic rings. The summed E-state index contributed by atoms with van der Waals surface area (Å²) in [6.45, 7) is 0. The summed E-state index contributed by atoms with van der Waals surface area (Å²) in [5, 5.41) is 23.3. The second-order valence-corrected chi connectivity index (χ2v) is 11.2. The highest BCUT2D eigenvalue weighted by atomic mass is 16.3. The molecule has 2 N–H and O–H groups in total. The van der Waals surface area contributed by atoms with E-state index < -0.39 is 0 Å². The zero-order chi connectivity index (χ0) is 28.5. The van der Waals surface area contributed by atoms with E-state index in [-0.39, 0.29) is 5.41 Å². The summed E-state index contributed by atoms with van der Waals surface area (Å²) in [7, 11) is 0.